The molecule has 0 unspecified atom stereocenters. The van der Waals surface area contributed by atoms with Gasteiger partial charge in [0.15, 0.2) is 0 Å². The number of anilines is 2. The van der Waals surface area contributed by atoms with Gasteiger partial charge in [-0.2, -0.15) is 0 Å². The smallest absolute Gasteiger partial charge is 0.335 e. The number of hydrogen-bond donors (Lipinski definition) is 1. The van der Waals surface area contributed by atoms with Crippen molar-refractivity contribution >= 4 is 17.5 Å². The maximum Gasteiger partial charge on any atom is 0.335 e. The molecule has 3 aromatic rings. The van der Waals surface area contributed by atoms with Gasteiger partial charge in [0.2, 0.25) is 0 Å². The van der Waals surface area contributed by atoms with Crippen LogP contribution in [0, 0.1) is 0 Å². The van der Waals surface area contributed by atoms with Crippen molar-refractivity contribution in [3.05, 3.63) is 85.1 Å². The van der Waals surface area contributed by atoms with Crippen molar-refractivity contribution in [1.29, 1.82) is 0 Å². The fourth-order valence-corrected chi connectivity index (χ4v) is 3.79. The normalized spacial score (nSPS) is 14.0. The number of rotatable bonds is 8. The second-order valence-electron chi connectivity index (χ2n) is 7.84. The van der Waals surface area contributed by atoms with Gasteiger partial charge in [0.25, 0.3) is 0 Å². The largest absolute Gasteiger partial charge is 0.456 e. The van der Waals surface area contributed by atoms with E-state index >= 15 is 0 Å². The van der Waals surface area contributed by atoms with Crippen LogP contribution in [-0.4, -0.2) is 48.6 Å². The van der Waals surface area contributed by atoms with Gasteiger partial charge in [0.05, 0.1) is 11.9 Å². The quantitative estimate of drug-likeness (QED) is 0.320. The molecule has 1 aliphatic heterocycles. The zero-order chi connectivity index (χ0) is 23.0. The summed E-state index contributed by atoms with van der Waals surface area (Å²) in [6.07, 6.45) is 3.76. The molecule has 170 valence electrons. The first kappa shape index (κ1) is 22.4. The summed E-state index contributed by atoms with van der Waals surface area (Å²) in [5, 5.41) is 0. The van der Waals surface area contributed by atoms with Crippen molar-refractivity contribution in [3.63, 3.8) is 0 Å². The number of esters is 1. The molecule has 0 atom stereocenters. The Kier molecular flexibility index (Phi) is 7.22. The summed E-state index contributed by atoms with van der Waals surface area (Å²) >= 11 is 0. The Bertz CT molecular complexity index is 1100. The minimum absolute atomic E-state index is 0.382. The number of hydrogen-bond acceptors (Lipinski definition) is 7. The summed E-state index contributed by atoms with van der Waals surface area (Å²) in [4.78, 5) is 20.5. The number of nitrogens with zero attached hydrogens (tertiary/aromatic N) is 3. The Morgan fingerprint density at radius 2 is 1.76 bits per heavy atom. The molecule has 2 N–H and O–H groups in total. The summed E-state index contributed by atoms with van der Waals surface area (Å²) < 4.78 is 11.1. The van der Waals surface area contributed by atoms with Crippen molar-refractivity contribution in [2.24, 2.45) is 0 Å². The van der Waals surface area contributed by atoms with E-state index in [0.29, 0.717) is 23.1 Å². The number of pyridine rings is 1. The molecular weight excluding hydrogens is 416 g/mol. The van der Waals surface area contributed by atoms with E-state index in [1.165, 1.54) is 5.56 Å². The molecule has 1 aliphatic rings. The highest BCUT2D eigenvalue weighted by Crippen LogP contribution is 2.31. The van der Waals surface area contributed by atoms with Gasteiger partial charge in [0.1, 0.15) is 23.1 Å². The molecule has 0 bridgehead atoms. The van der Waals surface area contributed by atoms with Crippen LogP contribution in [0.1, 0.15) is 5.56 Å². The van der Waals surface area contributed by atoms with Crippen LogP contribution in [0.5, 0.6) is 17.2 Å². The van der Waals surface area contributed by atoms with Gasteiger partial charge in [-0.1, -0.05) is 43.0 Å². The van der Waals surface area contributed by atoms with Gasteiger partial charge in [-0.05, 0) is 24.1 Å². The first-order valence-electron chi connectivity index (χ1n) is 11.0. The molecule has 0 saturated carbocycles. The van der Waals surface area contributed by atoms with E-state index in [1.54, 1.807) is 30.5 Å². The predicted octanol–water partition coefficient (Wildman–Crippen LogP) is 3.91. The number of benzene rings is 2. The fourth-order valence-electron chi connectivity index (χ4n) is 3.79. The average molecular weight is 445 g/mol. The Morgan fingerprint density at radius 3 is 2.52 bits per heavy atom. The highest BCUT2D eigenvalue weighted by Gasteiger charge is 2.20. The summed E-state index contributed by atoms with van der Waals surface area (Å²) in [5.74, 6) is 1.44. The van der Waals surface area contributed by atoms with Gasteiger partial charge < -0.3 is 20.1 Å². The second kappa shape index (κ2) is 10.7. The molecule has 7 heteroatoms. The molecule has 33 heavy (non-hydrogen) atoms. The van der Waals surface area contributed by atoms with Crippen molar-refractivity contribution in [1.82, 2.24) is 9.88 Å². The summed E-state index contributed by atoms with van der Waals surface area (Å²) in [6, 6.07) is 19.3. The van der Waals surface area contributed by atoms with E-state index in [0.717, 1.165) is 50.9 Å². The molecule has 1 saturated heterocycles. The van der Waals surface area contributed by atoms with Crippen molar-refractivity contribution < 1.29 is 14.3 Å². The summed E-state index contributed by atoms with van der Waals surface area (Å²) in [5.41, 5.74) is 8.42. The first-order chi connectivity index (χ1) is 16.1. The molecule has 7 nitrogen and oxygen atoms in total. The highest BCUT2D eigenvalue weighted by atomic mass is 16.5. The van der Waals surface area contributed by atoms with Crippen LogP contribution in [0.25, 0.3) is 0 Å². The van der Waals surface area contributed by atoms with Crippen LogP contribution in [0.3, 0.4) is 0 Å². The molecule has 2 heterocycles. The lowest BCUT2D eigenvalue weighted by Gasteiger charge is -2.36. The van der Waals surface area contributed by atoms with Crippen LogP contribution in [0.2, 0.25) is 0 Å². The molecule has 1 fully saturated rings. The Hall–Kier alpha value is -3.84. The van der Waals surface area contributed by atoms with Crippen LogP contribution in [0.4, 0.5) is 11.5 Å². The molecule has 1 aromatic heterocycles. The number of ether oxygens (including phenoxy) is 2. The standard InChI is InChI=1S/C26H28N4O3/c1-2-25(31)33-22-10-6-9-21(17-22)32-23-18-24(26(27)28-19-23)30-15-13-29(14-16-30)12-11-20-7-4-3-5-8-20/h2-10,17-19H,1,11-16H2,(H2,27,28). The van der Waals surface area contributed by atoms with Gasteiger partial charge >= 0.3 is 5.97 Å². The molecule has 4 rings (SSSR count). The van der Waals surface area contributed by atoms with Crippen molar-refractivity contribution in [2.45, 2.75) is 6.42 Å². The topological polar surface area (TPSA) is 80.9 Å². The van der Waals surface area contributed by atoms with Crippen LogP contribution < -0.4 is 20.1 Å². The van der Waals surface area contributed by atoms with E-state index in [4.69, 9.17) is 15.2 Å². The first-order valence-corrected chi connectivity index (χ1v) is 11.0. The van der Waals surface area contributed by atoms with E-state index in [9.17, 15) is 4.79 Å². The number of carbonyl (C=O) groups excluding carboxylic acids is 1. The van der Waals surface area contributed by atoms with Crippen LogP contribution >= 0.6 is 0 Å². The minimum atomic E-state index is -0.522. The van der Waals surface area contributed by atoms with Crippen LogP contribution in [-0.2, 0) is 11.2 Å². The second-order valence-corrected chi connectivity index (χ2v) is 7.84. The molecular formula is C26H28N4O3. The number of nitrogen functional groups attached to an aromatic ring is 1. The zero-order valence-electron chi connectivity index (χ0n) is 18.5. The van der Waals surface area contributed by atoms with Crippen LogP contribution in [0.15, 0.2) is 79.5 Å². The lowest BCUT2D eigenvalue weighted by molar-refractivity contribution is -0.128. The third kappa shape index (κ3) is 6.11. The lowest BCUT2D eigenvalue weighted by Crippen LogP contribution is -2.47. The fraction of sp³-hybridized carbons (Fsp3) is 0.231. The maximum atomic E-state index is 11.4. The SMILES string of the molecule is C=CC(=O)Oc1cccc(Oc2cnc(N)c(N3CCN(CCc4ccccc4)CC3)c2)c1. The van der Waals surface area contributed by atoms with Crippen molar-refractivity contribution in [3.8, 4) is 17.2 Å². The van der Waals surface area contributed by atoms with E-state index < -0.39 is 5.97 Å². The minimum Gasteiger partial charge on any atom is -0.456 e. The highest BCUT2D eigenvalue weighted by molar-refractivity contribution is 5.83. The monoisotopic (exact) mass is 444 g/mol. The molecule has 0 spiro atoms. The third-order valence-corrected chi connectivity index (χ3v) is 5.57. The van der Waals surface area contributed by atoms with Crippen molar-refractivity contribution in [2.75, 3.05) is 43.4 Å². The number of carbonyl (C=O) groups is 1. The van der Waals surface area contributed by atoms with E-state index in [1.807, 2.05) is 12.1 Å². The third-order valence-electron chi connectivity index (χ3n) is 5.57. The Balaban J connectivity index is 1.36. The molecule has 0 radical (unpaired) electrons. The molecule has 0 amide bonds. The summed E-state index contributed by atoms with van der Waals surface area (Å²) in [7, 11) is 0. The van der Waals surface area contributed by atoms with E-state index in [2.05, 4.69) is 45.6 Å². The molecule has 2 aromatic carbocycles. The number of nitrogens with two attached hydrogens (primary N) is 1. The Morgan fingerprint density at radius 1 is 1.00 bits per heavy atom. The van der Waals surface area contributed by atoms with Gasteiger partial charge in [-0.15, -0.1) is 0 Å². The van der Waals surface area contributed by atoms with Gasteiger partial charge in [0, 0.05) is 50.9 Å². The number of aromatic nitrogens is 1. The summed E-state index contributed by atoms with van der Waals surface area (Å²) in [6.45, 7) is 8.12. The molecule has 0 aliphatic carbocycles. The van der Waals surface area contributed by atoms with Gasteiger partial charge in [-0.3, -0.25) is 4.90 Å². The predicted molar refractivity (Wildman–Crippen MR) is 130 cm³/mol. The lowest BCUT2D eigenvalue weighted by atomic mass is 10.1. The van der Waals surface area contributed by atoms with E-state index in [-0.39, 0.29) is 0 Å². The number of piperazine rings is 1. The zero-order valence-corrected chi connectivity index (χ0v) is 18.5. The average Bonchev–Trinajstić information content (AvgIpc) is 2.85. The maximum absolute atomic E-state index is 11.4. The van der Waals surface area contributed by atoms with Gasteiger partial charge in [-0.25, -0.2) is 9.78 Å². The Labute approximate surface area is 194 Å².